The van der Waals surface area contributed by atoms with Gasteiger partial charge in [-0.2, -0.15) is 0 Å². The van der Waals surface area contributed by atoms with Crippen molar-refractivity contribution in [3.63, 3.8) is 0 Å². The molecule has 2 aromatic carbocycles. The normalized spacial score (nSPS) is 15.1. The van der Waals surface area contributed by atoms with Crippen molar-refractivity contribution in [3.05, 3.63) is 66.9 Å². The van der Waals surface area contributed by atoms with Gasteiger partial charge in [0.1, 0.15) is 18.9 Å². The molecule has 1 heterocycles. The summed E-state index contributed by atoms with van der Waals surface area (Å²) in [5.74, 6) is -0.565. The van der Waals surface area contributed by atoms with Crippen LogP contribution in [0.4, 0.5) is 4.79 Å². The lowest BCUT2D eigenvalue weighted by atomic mass is 10.2. The second-order valence-corrected chi connectivity index (χ2v) is 9.70. The lowest BCUT2D eigenvalue weighted by molar-refractivity contribution is -0.149. The second-order valence-electron chi connectivity index (χ2n) is 7.03. The van der Waals surface area contributed by atoms with Gasteiger partial charge in [-0.1, -0.05) is 35.3 Å². The summed E-state index contributed by atoms with van der Waals surface area (Å²) < 4.78 is 11.5. The van der Waals surface area contributed by atoms with E-state index in [-0.39, 0.29) is 11.0 Å². The van der Waals surface area contributed by atoms with Gasteiger partial charge >= 0.3 is 5.97 Å². The van der Waals surface area contributed by atoms with Gasteiger partial charge in [0.25, 0.3) is 11.1 Å². The van der Waals surface area contributed by atoms with Crippen LogP contribution in [-0.2, 0) is 20.9 Å². The molecular weight excluding hydrogens is 541 g/mol. The maximum absolute atomic E-state index is 12.6. The molecular formula is C22H18BrCl2NO5S. The van der Waals surface area contributed by atoms with Crippen molar-refractivity contribution in [2.45, 2.75) is 26.6 Å². The van der Waals surface area contributed by atoms with Gasteiger partial charge in [0.05, 0.1) is 25.5 Å². The van der Waals surface area contributed by atoms with Crippen LogP contribution in [0.15, 0.2) is 45.8 Å². The summed E-state index contributed by atoms with van der Waals surface area (Å²) >= 11 is 16.2. The van der Waals surface area contributed by atoms with Gasteiger partial charge in [-0.15, -0.1) is 0 Å². The Morgan fingerprint density at radius 2 is 1.91 bits per heavy atom. The van der Waals surface area contributed by atoms with E-state index in [4.69, 9.17) is 32.7 Å². The minimum atomic E-state index is -0.630. The van der Waals surface area contributed by atoms with Crippen molar-refractivity contribution in [2.75, 3.05) is 6.54 Å². The molecule has 0 unspecified atom stereocenters. The van der Waals surface area contributed by atoms with Crippen molar-refractivity contribution < 1.29 is 23.9 Å². The molecule has 10 heteroatoms. The molecule has 168 valence electrons. The van der Waals surface area contributed by atoms with E-state index >= 15 is 0 Å². The largest absolute Gasteiger partial charge is 0.488 e. The molecule has 3 rings (SSSR count). The standard InChI is InChI=1S/C22H18BrCl2NO5S/c1-12(2)31-20(27)10-26-21(28)19(32-22(26)29)9-13-4-6-18(15(23)7-13)30-11-14-3-5-16(24)17(25)8-14/h3-9,12H,10-11H2,1-2H3/b19-9+. The van der Waals surface area contributed by atoms with Crippen molar-refractivity contribution in [1.29, 1.82) is 0 Å². The van der Waals surface area contributed by atoms with Crippen LogP contribution in [0.2, 0.25) is 10.0 Å². The number of thioether (sulfide) groups is 1. The second kappa shape index (κ2) is 10.7. The van der Waals surface area contributed by atoms with Crippen LogP contribution in [-0.4, -0.2) is 34.7 Å². The van der Waals surface area contributed by atoms with Gasteiger partial charge in [-0.25, -0.2) is 0 Å². The third kappa shape index (κ3) is 6.28. The Bertz CT molecular complexity index is 1110. The maximum Gasteiger partial charge on any atom is 0.326 e. The van der Waals surface area contributed by atoms with Crippen LogP contribution in [0.5, 0.6) is 5.75 Å². The van der Waals surface area contributed by atoms with Crippen LogP contribution < -0.4 is 4.74 Å². The summed E-state index contributed by atoms with van der Waals surface area (Å²) in [7, 11) is 0. The summed E-state index contributed by atoms with van der Waals surface area (Å²) in [4.78, 5) is 37.6. The molecule has 6 nitrogen and oxygen atoms in total. The zero-order chi connectivity index (χ0) is 23.4. The molecule has 2 amide bonds. The molecule has 0 N–H and O–H groups in total. The van der Waals surface area contributed by atoms with Crippen LogP contribution in [0.25, 0.3) is 6.08 Å². The Hall–Kier alpha value is -2.00. The Balaban J connectivity index is 1.67. The average Bonchev–Trinajstić information content (AvgIpc) is 2.96. The van der Waals surface area contributed by atoms with Gasteiger partial charge in [0.15, 0.2) is 0 Å². The van der Waals surface area contributed by atoms with E-state index < -0.39 is 23.7 Å². The Morgan fingerprint density at radius 3 is 2.56 bits per heavy atom. The number of rotatable bonds is 7. The number of imide groups is 1. The highest BCUT2D eigenvalue weighted by atomic mass is 79.9. The van der Waals surface area contributed by atoms with Crippen LogP contribution >= 0.6 is 50.9 Å². The number of esters is 1. The molecule has 1 saturated heterocycles. The molecule has 0 atom stereocenters. The van der Waals surface area contributed by atoms with Crippen molar-refractivity contribution in [1.82, 2.24) is 4.90 Å². The number of carbonyl (C=O) groups is 3. The van der Waals surface area contributed by atoms with Crippen molar-refractivity contribution in [2.24, 2.45) is 0 Å². The first kappa shape index (κ1) is 24.6. The number of amides is 2. The molecule has 1 aliphatic rings. The maximum atomic E-state index is 12.6. The van der Waals surface area contributed by atoms with E-state index in [0.29, 0.717) is 32.4 Å². The fraction of sp³-hybridized carbons (Fsp3) is 0.227. The zero-order valence-corrected chi connectivity index (χ0v) is 21.0. The van der Waals surface area contributed by atoms with Crippen LogP contribution in [0.3, 0.4) is 0 Å². The number of nitrogens with zero attached hydrogens (tertiary/aromatic N) is 1. The molecule has 0 bridgehead atoms. The molecule has 1 fully saturated rings. The van der Waals surface area contributed by atoms with E-state index in [1.807, 2.05) is 6.07 Å². The molecule has 0 saturated carbocycles. The lowest BCUT2D eigenvalue weighted by Crippen LogP contribution is -2.35. The number of benzene rings is 2. The minimum absolute atomic E-state index is 0.226. The fourth-order valence-electron chi connectivity index (χ4n) is 2.73. The summed E-state index contributed by atoms with van der Waals surface area (Å²) in [5, 5.41) is 0.415. The summed E-state index contributed by atoms with van der Waals surface area (Å²) in [6, 6.07) is 10.5. The Kier molecular flexibility index (Phi) is 8.27. The average molecular weight is 559 g/mol. The first-order valence-corrected chi connectivity index (χ1v) is 11.8. The molecule has 32 heavy (non-hydrogen) atoms. The first-order chi connectivity index (χ1) is 15.1. The Morgan fingerprint density at radius 1 is 1.16 bits per heavy atom. The van der Waals surface area contributed by atoms with Gasteiger partial charge in [-0.05, 0) is 83.0 Å². The third-order valence-electron chi connectivity index (χ3n) is 4.16. The predicted molar refractivity (Wildman–Crippen MR) is 129 cm³/mol. The van der Waals surface area contributed by atoms with Gasteiger partial charge in [0, 0.05) is 0 Å². The van der Waals surface area contributed by atoms with Crippen molar-refractivity contribution in [3.8, 4) is 5.75 Å². The zero-order valence-electron chi connectivity index (χ0n) is 17.1. The number of hydrogen-bond donors (Lipinski definition) is 0. The number of carbonyl (C=O) groups excluding carboxylic acids is 3. The van der Waals surface area contributed by atoms with E-state index in [0.717, 1.165) is 22.2 Å². The highest BCUT2D eigenvalue weighted by Gasteiger charge is 2.36. The third-order valence-corrected chi connectivity index (χ3v) is 6.43. The molecule has 0 spiro atoms. The summed E-state index contributed by atoms with van der Waals surface area (Å²) in [6.07, 6.45) is 1.26. The quantitative estimate of drug-likeness (QED) is 0.292. The fourth-order valence-corrected chi connectivity index (χ4v) is 4.40. The monoisotopic (exact) mass is 557 g/mol. The molecule has 0 aliphatic carbocycles. The minimum Gasteiger partial charge on any atom is -0.488 e. The smallest absolute Gasteiger partial charge is 0.326 e. The van der Waals surface area contributed by atoms with Gasteiger partial charge in [-0.3, -0.25) is 19.3 Å². The summed E-state index contributed by atoms with van der Waals surface area (Å²) in [5.41, 5.74) is 1.55. The molecule has 0 radical (unpaired) electrons. The van der Waals surface area contributed by atoms with Gasteiger partial charge in [0.2, 0.25) is 0 Å². The van der Waals surface area contributed by atoms with E-state index in [2.05, 4.69) is 15.9 Å². The number of hydrogen-bond acceptors (Lipinski definition) is 6. The number of halogens is 3. The first-order valence-electron chi connectivity index (χ1n) is 9.45. The molecule has 1 aliphatic heterocycles. The SMILES string of the molecule is CC(C)OC(=O)CN1C(=O)S/C(=C/c2ccc(OCc3ccc(Cl)c(Cl)c3)c(Br)c2)C1=O. The van der Waals surface area contributed by atoms with E-state index in [1.54, 1.807) is 50.3 Å². The topological polar surface area (TPSA) is 72.9 Å². The summed E-state index contributed by atoms with van der Waals surface area (Å²) in [6.45, 7) is 3.27. The van der Waals surface area contributed by atoms with Crippen molar-refractivity contribution >= 4 is 74.1 Å². The van der Waals surface area contributed by atoms with E-state index in [1.165, 1.54) is 0 Å². The molecule has 0 aromatic heterocycles. The lowest BCUT2D eigenvalue weighted by Gasteiger charge is -2.13. The number of ether oxygens (including phenoxy) is 2. The highest BCUT2D eigenvalue weighted by Crippen LogP contribution is 2.34. The highest BCUT2D eigenvalue weighted by molar-refractivity contribution is 9.10. The Labute approximate surface area is 208 Å². The van der Waals surface area contributed by atoms with E-state index in [9.17, 15) is 14.4 Å². The van der Waals surface area contributed by atoms with Crippen LogP contribution in [0, 0.1) is 0 Å². The van der Waals surface area contributed by atoms with Crippen LogP contribution in [0.1, 0.15) is 25.0 Å². The molecule has 2 aromatic rings. The predicted octanol–water partition coefficient (Wildman–Crippen LogP) is 6.32. The van der Waals surface area contributed by atoms with Gasteiger partial charge < -0.3 is 9.47 Å².